The highest BCUT2D eigenvalue weighted by Crippen LogP contribution is 2.33. The van der Waals surface area contributed by atoms with Gasteiger partial charge in [-0.2, -0.15) is 10.5 Å². The summed E-state index contributed by atoms with van der Waals surface area (Å²) >= 11 is 0. The summed E-state index contributed by atoms with van der Waals surface area (Å²) in [5.74, 6) is 4.07. The van der Waals surface area contributed by atoms with Gasteiger partial charge in [-0.25, -0.2) is 10.8 Å². The van der Waals surface area contributed by atoms with Gasteiger partial charge in [0.15, 0.2) is 11.8 Å². The second kappa shape index (κ2) is 6.73. The molecule has 2 rings (SSSR count). The Hall–Kier alpha value is -3.16. The minimum atomic E-state index is -1.05. The van der Waals surface area contributed by atoms with E-state index in [4.69, 9.17) is 5.84 Å². The van der Waals surface area contributed by atoms with Crippen molar-refractivity contribution in [2.45, 2.75) is 19.4 Å². The number of benzene rings is 1. The molecule has 3 N–H and O–H groups in total. The Balaban J connectivity index is 2.75. The molecule has 0 fully saturated rings. The first kappa shape index (κ1) is 16.2. The van der Waals surface area contributed by atoms with E-state index in [1.54, 1.807) is 31.2 Å². The first-order valence-electron chi connectivity index (χ1n) is 6.99. The molecule has 23 heavy (non-hydrogen) atoms. The molecule has 2 unspecified atom stereocenters. The molecule has 7 heteroatoms. The fourth-order valence-corrected chi connectivity index (χ4v) is 2.47. The fraction of sp³-hybridized carbons (Fsp3) is 0.250. The quantitative estimate of drug-likeness (QED) is 0.812. The summed E-state index contributed by atoms with van der Waals surface area (Å²) in [6.07, 6.45) is 0.286. The molecule has 0 spiro atoms. The summed E-state index contributed by atoms with van der Waals surface area (Å²) in [6.45, 7) is 1.72. The lowest BCUT2D eigenvalue weighted by Gasteiger charge is -2.32. The van der Waals surface area contributed by atoms with Gasteiger partial charge in [0.1, 0.15) is 12.0 Å². The van der Waals surface area contributed by atoms with Crippen molar-refractivity contribution in [3.63, 3.8) is 0 Å². The van der Waals surface area contributed by atoms with Crippen LogP contribution in [0.25, 0.3) is 5.70 Å². The number of carboxylic acid groups (broad SMARTS) is 1. The van der Waals surface area contributed by atoms with E-state index in [1.165, 1.54) is 0 Å². The van der Waals surface area contributed by atoms with Crippen LogP contribution in [0.2, 0.25) is 0 Å². The van der Waals surface area contributed by atoms with E-state index in [9.17, 15) is 20.4 Å². The van der Waals surface area contributed by atoms with Crippen LogP contribution in [-0.4, -0.2) is 27.8 Å². The number of nitrogens with zero attached hydrogens (tertiary/aromatic N) is 4. The van der Waals surface area contributed by atoms with E-state index >= 15 is 0 Å². The second-order valence-corrected chi connectivity index (χ2v) is 4.95. The lowest BCUT2D eigenvalue weighted by atomic mass is 9.94. The molecule has 1 aromatic rings. The zero-order chi connectivity index (χ0) is 17.0. The van der Waals surface area contributed by atoms with Crippen LogP contribution < -0.4 is 5.84 Å². The highest BCUT2D eigenvalue weighted by atomic mass is 16.4. The summed E-state index contributed by atoms with van der Waals surface area (Å²) in [4.78, 5) is 15.7. The summed E-state index contributed by atoms with van der Waals surface area (Å²) in [5, 5.41) is 29.0. The van der Waals surface area contributed by atoms with Crippen LogP contribution in [-0.2, 0) is 4.79 Å². The van der Waals surface area contributed by atoms with Crippen molar-refractivity contribution in [3.8, 4) is 12.1 Å². The Bertz CT molecular complexity index is 755. The number of carboxylic acids is 1. The van der Waals surface area contributed by atoms with E-state index in [-0.39, 0.29) is 17.8 Å². The summed E-state index contributed by atoms with van der Waals surface area (Å²) in [5.41, 5.74) is 1.08. The average molecular weight is 309 g/mol. The molecule has 1 heterocycles. The summed E-state index contributed by atoms with van der Waals surface area (Å²) < 4.78 is 0. The van der Waals surface area contributed by atoms with Gasteiger partial charge in [-0.15, -0.1) is 0 Å². The Morgan fingerprint density at radius 3 is 2.57 bits per heavy atom. The van der Waals surface area contributed by atoms with Crippen molar-refractivity contribution >= 4 is 17.4 Å². The Kier molecular flexibility index (Phi) is 4.75. The highest BCUT2D eigenvalue weighted by molar-refractivity contribution is 6.07. The van der Waals surface area contributed by atoms with Crippen LogP contribution in [0.4, 0.5) is 0 Å². The summed E-state index contributed by atoms with van der Waals surface area (Å²) in [6, 6.07) is 11.6. The second-order valence-electron chi connectivity index (χ2n) is 4.95. The van der Waals surface area contributed by atoms with Crippen LogP contribution in [0.1, 0.15) is 18.9 Å². The van der Waals surface area contributed by atoms with Gasteiger partial charge in [0.25, 0.3) is 0 Å². The standard InChI is InChI=1S/C16H15N5O2/c1-2-11(16(22)23)14-15(10-6-4-3-5-7-10)21(19)13(9-18)12(8-17)20-14/h3-7,11,13H,2,19H2,1H3,(H,22,23). The molecular formula is C16H15N5O2. The molecule has 0 saturated carbocycles. The van der Waals surface area contributed by atoms with Gasteiger partial charge < -0.3 is 5.11 Å². The SMILES string of the molecule is CCC(C(=O)O)C1=C(c2ccccc2)N(N)C(C#N)C(C#N)=N1. The molecule has 0 amide bonds. The largest absolute Gasteiger partial charge is 0.481 e. The van der Waals surface area contributed by atoms with Crippen LogP contribution in [0, 0.1) is 28.6 Å². The molecule has 1 aromatic carbocycles. The van der Waals surface area contributed by atoms with Crippen molar-refractivity contribution < 1.29 is 9.90 Å². The lowest BCUT2D eigenvalue weighted by Crippen LogP contribution is -2.46. The van der Waals surface area contributed by atoms with Crippen molar-refractivity contribution in [2.75, 3.05) is 0 Å². The van der Waals surface area contributed by atoms with Gasteiger partial charge in [-0.05, 0) is 6.42 Å². The Morgan fingerprint density at radius 1 is 1.43 bits per heavy atom. The third-order valence-corrected chi connectivity index (χ3v) is 3.60. The predicted octanol–water partition coefficient (Wildman–Crippen LogP) is 1.51. The number of hydrazine groups is 1. The number of nitriles is 2. The summed E-state index contributed by atoms with van der Waals surface area (Å²) in [7, 11) is 0. The number of aliphatic imine (C=N–C) groups is 1. The van der Waals surface area contributed by atoms with Gasteiger partial charge >= 0.3 is 5.97 Å². The van der Waals surface area contributed by atoms with E-state index in [1.807, 2.05) is 18.2 Å². The first-order chi connectivity index (χ1) is 11.0. The highest BCUT2D eigenvalue weighted by Gasteiger charge is 2.35. The molecule has 1 aliphatic rings. The number of carbonyl (C=O) groups is 1. The van der Waals surface area contributed by atoms with Crippen molar-refractivity contribution in [1.82, 2.24) is 5.01 Å². The third-order valence-electron chi connectivity index (χ3n) is 3.60. The molecular weight excluding hydrogens is 294 g/mol. The van der Waals surface area contributed by atoms with E-state index < -0.39 is 17.9 Å². The maximum atomic E-state index is 11.5. The van der Waals surface area contributed by atoms with Gasteiger partial charge in [-0.1, -0.05) is 37.3 Å². The maximum absolute atomic E-state index is 11.5. The van der Waals surface area contributed by atoms with E-state index in [0.717, 1.165) is 5.01 Å². The Morgan fingerprint density at radius 2 is 2.09 bits per heavy atom. The molecule has 0 bridgehead atoms. The zero-order valence-electron chi connectivity index (χ0n) is 12.5. The third kappa shape index (κ3) is 2.91. The minimum Gasteiger partial charge on any atom is -0.481 e. The van der Waals surface area contributed by atoms with Crippen LogP contribution in [0.3, 0.4) is 0 Å². The Labute approximate surface area is 133 Å². The fourth-order valence-electron chi connectivity index (χ4n) is 2.47. The number of hydrogen-bond acceptors (Lipinski definition) is 6. The van der Waals surface area contributed by atoms with Gasteiger partial charge in [0.2, 0.25) is 0 Å². The minimum absolute atomic E-state index is 0.107. The predicted molar refractivity (Wildman–Crippen MR) is 83.3 cm³/mol. The van der Waals surface area contributed by atoms with Gasteiger partial charge in [0.05, 0.1) is 17.5 Å². The molecule has 0 aliphatic carbocycles. The van der Waals surface area contributed by atoms with Gasteiger partial charge in [0, 0.05) is 5.56 Å². The molecule has 2 atom stereocenters. The van der Waals surface area contributed by atoms with Crippen LogP contribution >= 0.6 is 0 Å². The molecule has 0 aromatic heterocycles. The maximum Gasteiger partial charge on any atom is 0.312 e. The monoisotopic (exact) mass is 309 g/mol. The smallest absolute Gasteiger partial charge is 0.312 e. The molecule has 1 aliphatic heterocycles. The van der Waals surface area contributed by atoms with Gasteiger partial charge in [-0.3, -0.25) is 9.80 Å². The topological polar surface area (TPSA) is 126 Å². The molecule has 7 nitrogen and oxygen atoms in total. The van der Waals surface area contributed by atoms with Crippen molar-refractivity contribution in [3.05, 3.63) is 41.6 Å². The normalized spacial score (nSPS) is 18.7. The molecule has 0 radical (unpaired) electrons. The molecule has 116 valence electrons. The number of rotatable bonds is 4. The van der Waals surface area contributed by atoms with Crippen molar-refractivity contribution in [1.29, 1.82) is 10.5 Å². The number of nitrogens with two attached hydrogens (primary N) is 1. The number of aliphatic carboxylic acids is 1. The lowest BCUT2D eigenvalue weighted by molar-refractivity contribution is -0.140. The first-order valence-corrected chi connectivity index (χ1v) is 6.99. The molecule has 0 saturated heterocycles. The van der Waals surface area contributed by atoms with Crippen LogP contribution in [0.5, 0.6) is 0 Å². The zero-order valence-corrected chi connectivity index (χ0v) is 12.5. The number of hydrogen-bond donors (Lipinski definition) is 2. The average Bonchev–Trinajstić information content (AvgIpc) is 2.55. The van der Waals surface area contributed by atoms with E-state index in [0.29, 0.717) is 11.3 Å². The van der Waals surface area contributed by atoms with Crippen LogP contribution in [0.15, 0.2) is 41.0 Å². The van der Waals surface area contributed by atoms with E-state index in [2.05, 4.69) is 4.99 Å². The van der Waals surface area contributed by atoms with Crippen molar-refractivity contribution in [2.24, 2.45) is 16.8 Å².